The number of nitrogens with zero attached hydrogens (tertiary/aromatic N) is 2. The molecule has 2 aliphatic heterocycles. The van der Waals surface area contributed by atoms with Crippen LogP contribution in [0.2, 0.25) is 0 Å². The van der Waals surface area contributed by atoms with E-state index in [0.717, 1.165) is 0 Å². The third-order valence-electron chi connectivity index (χ3n) is 7.29. The van der Waals surface area contributed by atoms with Crippen LogP contribution in [0, 0.1) is 12.8 Å². The first-order valence-corrected chi connectivity index (χ1v) is 10.7. The first-order valence-electron chi connectivity index (χ1n) is 11.2. The predicted molar refractivity (Wildman–Crippen MR) is 113 cm³/mol. The number of hydrogen-bond donors (Lipinski definition) is 0. The summed E-state index contributed by atoms with van der Waals surface area (Å²) in [6.45, 7) is 6.73. The standard InChI is InChI=1S/C25H32N2/c1-17-11-7-10-16-23(17)26-19(3)24-22-15-9-8-14-21(22)18(2)27(24)25(26)20-12-5-4-6-13-20/h7-11,14-16,18-20,24-25H,4-6,12-13H2,1-3H3/t18?,19-,24?,25?/m0/s1/i18D. The molecular formula is C25H32N2. The van der Waals surface area contributed by atoms with Crippen LogP contribution in [0.5, 0.6) is 0 Å². The Labute approximate surface area is 165 Å². The Kier molecular flexibility index (Phi) is 4.00. The number of benzene rings is 2. The topological polar surface area (TPSA) is 6.48 Å². The van der Waals surface area contributed by atoms with Crippen LogP contribution in [0.15, 0.2) is 48.5 Å². The van der Waals surface area contributed by atoms with Gasteiger partial charge in [-0.25, -0.2) is 0 Å². The van der Waals surface area contributed by atoms with Gasteiger partial charge in [0.1, 0.15) is 0 Å². The molecule has 142 valence electrons. The van der Waals surface area contributed by atoms with Crippen molar-refractivity contribution in [3.05, 3.63) is 65.2 Å². The average Bonchev–Trinajstić information content (AvgIpc) is 3.14. The number of rotatable bonds is 2. The fraction of sp³-hybridized carbons (Fsp3) is 0.520. The molecule has 0 radical (unpaired) electrons. The minimum Gasteiger partial charge on any atom is -0.351 e. The lowest BCUT2D eigenvalue weighted by atomic mass is 9.85. The highest BCUT2D eigenvalue weighted by atomic mass is 15.5. The molecule has 0 spiro atoms. The van der Waals surface area contributed by atoms with E-state index in [2.05, 4.69) is 79.1 Å². The summed E-state index contributed by atoms with van der Waals surface area (Å²) >= 11 is 0. The zero-order chi connectivity index (χ0) is 19.5. The number of aryl methyl sites for hydroxylation is 1. The van der Waals surface area contributed by atoms with E-state index in [4.69, 9.17) is 0 Å². The van der Waals surface area contributed by atoms with Crippen molar-refractivity contribution < 1.29 is 1.37 Å². The van der Waals surface area contributed by atoms with Crippen molar-refractivity contribution in [2.75, 3.05) is 4.90 Å². The van der Waals surface area contributed by atoms with Crippen LogP contribution in [0.25, 0.3) is 0 Å². The number of hydrogen-bond acceptors (Lipinski definition) is 2. The van der Waals surface area contributed by atoms with Gasteiger partial charge in [-0.3, -0.25) is 4.90 Å². The van der Waals surface area contributed by atoms with Gasteiger partial charge in [-0.05, 0) is 62.3 Å². The Morgan fingerprint density at radius 2 is 1.56 bits per heavy atom. The third-order valence-corrected chi connectivity index (χ3v) is 7.29. The van der Waals surface area contributed by atoms with Crippen molar-refractivity contribution in [1.29, 1.82) is 0 Å². The van der Waals surface area contributed by atoms with E-state index in [0.29, 0.717) is 24.2 Å². The summed E-state index contributed by atoms with van der Waals surface area (Å²) in [4.78, 5) is 5.24. The van der Waals surface area contributed by atoms with Crippen LogP contribution in [-0.4, -0.2) is 17.1 Å². The zero-order valence-electron chi connectivity index (χ0n) is 17.9. The van der Waals surface area contributed by atoms with Crippen LogP contribution in [0.1, 0.15) is 76.1 Å². The Morgan fingerprint density at radius 3 is 2.30 bits per heavy atom. The minimum absolute atomic E-state index is 0.297. The largest absolute Gasteiger partial charge is 0.351 e. The number of anilines is 1. The van der Waals surface area contributed by atoms with E-state index in [1.165, 1.54) is 54.5 Å². The van der Waals surface area contributed by atoms with Gasteiger partial charge in [-0.2, -0.15) is 0 Å². The average molecular weight is 362 g/mol. The lowest BCUT2D eigenvalue weighted by Crippen LogP contribution is -2.47. The molecule has 0 bridgehead atoms. The Hall–Kier alpha value is -1.80. The van der Waals surface area contributed by atoms with E-state index in [1.807, 2.05) is 0 Å². The summed E-state index contributed by atoms with van der Waals surface area (Å²) in [5, 5.41) is 0. The second-order valence-corrected chi connectivity index (χ2v) is 8.77. The molecule has 4 atom stereocenters. The van der Waals surface area contributed by atoms with E-state index >= 15 is 0 Å². The van der Waals surface area contributed by atoms with Gasteiger partial charge in [-0.15, -0.1) is 0 Å². The molecular weight excluding hydrogens is 328 g/mol. The van der Waals surface area contributed by atoms with Gasteiger partial charge in [0.25, 0.3) is 0 Å². The highest BCUT2D eigenvalue weighted by Gasteiger charge is 2.54. The maximum Gasteiger partial charge on any atom is 0.0863 e. The molecule has 2 heteroatoms. The van der Waals surface area contributed by atoms with E-state index in [-0.39, 0.29) is 0 Å². The van der Waals surface area contributed by atoms with Crippen LogP contribution in [0.3, 0.4) is 0 Å². The fourth-order valence-electron chi connectivity index (χ4n) is 6.07. The normalized spacial score (nSPS) is 34.4. The van der Waals surface area contributed by atoms with E-state index in [1.54, 1.807) is 0 Å². The van der Waals surface area contributed by atoms with E-state index < -0.39 is 6.02 Å². The zero-order valence-corrected chi connectivity index (χ0v) is 16.9. The quantitative estimate of drug-likeness (QED) is 0.626. The lowest BCUT2D eigenvalue weighted by Gasteiger charge is -2.42. The molecule has 1 saturated heterocycles. The van der Waals surface area contributed by atoms with Crippen LogP contribution in [0.4, 0.5) is 5.69 Å². The second kappa shape index (κ2) is 6.67. The van der Waals surface area contributed by atoms with E-state index in [9.17, 15) is 1.37 Å². The van der Waals surface area contributed by atoms with Crippen molar-refractivity contribution in [1.82, 2.24) is 4.90 Å². The minimum atomic E-state index is -0.672. The molecule has 5 rings (SSSR count). The molecule has 0 aromatic heterocycles. The highest BCUT2D eigenvalue weighted by molar-refractivity contribution is 5.58. The van der Waals surface area contributed by atoms with Crippen LogP contribution in [-0.2, 0) is 0 Å². The summed E-state index contributed by atoms with van der Waals surface area (Å²) in [6.07, 6.45) is 6.90. The van der Waals surface area contributed by atoms with Crippen molar-refractivity contribution in [3.63, 3.8) is 0 Å². The highest BCUT2D eigenvalue weighted by Crippen LogP contribution is 2.55. The molecule has 27 heavy (non-hydrogen) atoms. The van der Waals surface area contributed by atoms with Crippen molar-refractivity contribution in [3.8, 4) is 0 Å². The molecule has 1 saturated carbocycles. The number of para-hydroxylation sites is 1. The lowest BCUT2D eigenvalue weighted by molar-refractivity contribution is 0.102. The second-order valence-electron chi connectivity index (χ2n) is 8.77. The summed E-state index contributed by atoms with van der Waals surface area (Å²) < 4.78 is 9.44. The predicted octanol–water partition coefficient (Wildman–Crippen LogP) is 6.23. The van der Waals surface area contributed by atoms with Crippen molar-refractivity contribution in [2.45, 2.75) is 77.1 Å². The van der Waals surface area contributed by atoms with Gasteiger partial charge in [-0.1, -0.05) is 61.7 Å². The molecule has 0 N–H and O–H groups in total. The molecule has 2 nitrogen and oxygen atoms in total. The Balaban J connectivity index is 1.67. The van der Waals surface area contributed by atoms with Crippen LogP contribution >= 0.6 is 0 Å². The van der Waals surface area contributed by atoms with Gasteiger partial charge in [0.05, 0.1) is 13.6 Å². The monoisotopic (exact) mass is 361 g/mol. The van der Waals surface area contributed by atoms with Gasteiger partial charge in [0.15, 0.2) is 0 Å². The maximum atomic E-state index is 9.44. The van der Waals surface area contributed by atoms with Gasteiger partial charge < -0.3 is 4.90 Å². The summed E-state index contributed by atoms with van der Waals surface area (Å²) in [5.74, 6) is 0.639. The summed E-state index contributed by atoms with van der Waals surface area (Å²) in [5.41, 5.74) is 5.27. The van der Waals surface area contributed by atoms with Crippen LogP contribution < -0.4 is 4.90 Å². The molecule has 3 aliphatic rings. The summed E-state index contributed by atoms with van der Waals surface area (Å²) in [6, 6.07) is 17.5. The van der Waals surface area contributed by atoms with Gasteiger partial charge in [0, 0.05) is 17.7 Å². The molecule has 2 aromatic rings. The first-order chi connectivity index (χ1) is 13.5. The maximum absolute atomic E-state index is 9.44. The van der Waals surface area contributed by atoms with Gasteiger partial charge >= 0.3 is 0 Å². The number of fused-ring (bicyclic) bond motifs is 3. The van der Waals surface area contributed by atoms with Crippen molar-refractivity contribution in [2.24, 2.45) is 5.92 Å². The summed E-state index contributed by atoms with van der Waals surface area (Å²) in [7, 11) is 0. The smallest absolute Gasteiger partial charge is 0.0863 e. The van der Waals surface area contributed by atoms with Gasteiger partial charge in [0.2, 0.25) is 0 Å². The molecule has 2 heterocycles. The first kappa shape index (κ1) is 16.2. The molecule has 0 amide bonds. The third kappa shape index (κ3) is 2.56. The molecule has 3 unspecified atom stereocenters. The molecule has 2 fully saturated rings. The Morgan fingerprint density at radius 1 is 0.889 bits per heavy atom. The SMILES string of the molecule is [2H]C1(C)c2ccccc2C2[C@H](C)N(c3ccccc3C)C(C3CCCCC3)N21. The molecule has 1 aliphatic carbocycles. The molecule has 2 aromatic carbocycles. The van der Waals surface area contributed by atoms with Crippen molar-refractivity contribution >= 4 is 5.69 Å². The fourth-order valence-corrected chi connectivity index (χ4v) is 6.07. The Bertz CT molecular complexity index is 870.